The molecular weight excluding hydrogens is 226 g/mol. The molecule has 0 aromatic carbocycles. The van der Waals surface area contributed by atoms with Crippen LogP contribution in [0.25, 0.3) is 0 Å². The van der Waals surface area contributed by atoms with Crippen molar-refractivity contribution in [3.63, 3.8) is 0 Å². The Balaban J connectivity index is 2.71. The Morgan fingerprint density at radius 3 is 2.47 bits per heavy atom. The minimum absolute atomic E-state index is 0.937. The van der Waals surface area contributed by atoms with Crippen LogP contribution in [0.15, 0.2) is 23.3 Å². The van der Waals surface area contributed by atoms with Gasteiger partial charge >= 0.3 is 0 Å². The van der Waals surface area contributed by atoms with Crippen LogP contribution in [-0.2, 0) is 0 Å². The van der Waals surface area contributed by atoms with Gasteiger partial charge in [0.05, 0.1) is 0 Å². The second-order valence-electron chi connectivity index (χ2n) is 3.46. The molecule has 0 bridgehead atoms. The molecule has 0 aromatic rings. The van der Waals surface area contributed by atoms with Crippen LogP contribution in [0.3, 0.4) is 0 Å². The van der Waals surface area contributed by atoms with Crippen LogP contribution in [-0.4, -0.2) is 28.4 Å². The molecule has 3 nitrogen and oxygen atoms in total. The van der Waals surface area contributed by atoms with E-state index in [1.807, 2.05) is 6.26 Å². The zero-order valence-corrected chi connectivity index (χ0v) is 11.6. The van der Waals surface area contributed by atoms with Crippen LogP contribution in [0.5, 0.6) is 0 Å². The molecule has 0 fully saturated rings. The van der Waals surface area contributed by atoms with E-state index in [0.717, 1.165) is 6.67 Å². The van der Waals surface area contributed by atoms with E-state index in [1.165, 1.54) is 17.1 Å². The molecule has 1 aliphatic heterocycles. The molecule has 1 N–H and O–H groups in total. The third-order valence-electron chi connectivity index (χ3n) is 2.44. The summed E-state index contributed by atoms with van der Waals surface area (Å²) < 4.78 is 5.52. The van der Waals surface area contributed by atoms with Crippen molar-refractivity contribution in [2.75, 3.05) is 19.2 Å². The van der Waals surface area contributed by atoms with Crippen LogP contribution in [0, 0.1) is 0 Å². The van der Waals surface area contributed by atoms with Gasteiger partial charge in [0.15, 0.2) is 0 Å². The second kappa shape index (κ2) is 5.61. The highest BCUT2D eigenvalue weighted by molar-refractivity contribution is 7.96. The van der Waals surface area contributed by atoms with Crippen molar-refractivity contribution in [1.29, 1.82) is 0 Å². The number of nitrogens with one attached hydrogen (secondary N) is 1. The first-order chi connectivity index (χ1) is 7.10. The maximum absolute atomic E-state index is 3.23. The first kappa shape index (κ1) is 12.6. The molecule has 1 heterocycles. The molecule has 0 radical (unpaired) electrons. The van der Waals surface area contributed by atoms with Crippen LogP contribution < -0.4 is 4.72 Å². The van der Waals surface area contributed by atoms with Gasteiger partial charge in [-0.15, -0.1) is 0 Å². The van der Waals surface area contributed by atoms with Gasteiger partial charge in [0.2, 0.25) is 0 Å². The maximum Gasteiger partial charge on any atom is 0.105 e. The highest BCUT2D eigenvalue weighted by atomic mass is 32.2. The van der Waals surface area contributed by atoms with Crippen molar-refractivity contribution in [3.8, 4) is 0 Å². The van der Waals surface area contributed by atoms with Gasteiger partial charge in [-0.05, 0) is 20.8 Å². The van der Waals surface area contributed by atoms with Crippen molar-refractivity contribution in [2.24, 2.45) is 0 Å². The smallest absolute Gasteiger partial charge is 0.105 e. The van der Waals surface area contributed by atoms with Crippen molar-refractivity contribution in [1.82, 2.24) is 13.9 Å². The number of nitrogens with zero attached hydrogens (tertiary/aromatic N) is 2. The summed E-state index contributed by atoms with van der Waals surface area (Å²) in [5.41, 5.74) is 3.85. The molecule has 1 rings (SSSR count). The topological polar surface area (TPSA) is 18.5 Å². The minimum atomic E-state index is 0.937. The zero-order valence-electron chi connectivity index (χ0n) is 10.00. The molecular formula is C10H19N3S2. The van der Waals surface area contributed by atoms with Gasteiger partial charge < -0.3 is 9.62 Å². The van der Waals surface area contributed by atoms with E-state index in [2.05, 4.69) is 47.2 Å². The molecule has 1 aliphatic rings. The Bertz CT molecular complexity index is 286. The summed E-state index contributed by atoms with van der Waals surface area (Å²) >= 11 is 3.39. The lowest BCUT2D eigenvalue weighted by atomic mass is 10.4. The third kappa shape index (κ3) is 3.01. The van der Waals surface area contributed by atoms with Crippen LogP contribution in [0.4, 0.5) is 0 Å². The van der Waals surface area contributed by atoms with Crippen LogP contribution in [0.2, 0.25) is 0 Å². The predicted molar refractivity (Wildman–Crippen MR) is 70.8 cm³/mol. The molecule has 0 amide bonds. The average molecular weight is 245 g/mol. The first-order valence-electron chi connectivity index (χ1n) is 4.83. The van der Waals surface area contributed by atoms with Gasteiger partial charge in [-0.3, -0.25) is 4.31 Å². The van der Waals surface area contributed by atoms with Crippen molar-refractivity contribution < 1.29 is 0 Å². The SMILES string of the molecule is CSN/C(C)=C\N1CN(SC)C(C)=C1C. The third-order valence-corrected chi connectivity index (χ3v) is 3.80. The highest BCUT2D eigenvalue weighted by Crippen LogP contribution is 2.28. The lowest BCUT2D eigenvalue weighted by Crippen LogP contribution is -2.19. The van der Waals surface area contributed by atoms with Gasteiger partial charge in [-0.25, -0.2) is 0 Å². The summed E-state index contributed by atoms with van der Waals surface area (Å²) in [5.74, 6) is 0. The molecule has 0 unspecified atom stereocenters. The first-order valence-corrected chi connectivity index (χ1v) is 7.24. The summed E-state index contributed by atoms with van der Waals surface area (Å²) in [6, 6.07) is 0. The number of allylic oxidation sites excluding steroid dienone is 3. The van der Waals surface area contributed by atoms with Crippen molar-refractivity contribution >= 4 is 23.9 Å². The molecule has 0 atom stereocenters. The van der Waals surface area contributed by atoms with Crippen molar-refractivity contribution in [2.45, 2.75) is 20.8 Å². The zero-order chi connectivity index (χ0) is 11.4. The average Bonchev–Trinajstić information content (AvgIpc) is 2.46. The fourth-order valence-electron chi connectivity index (χ4n) is 1.49. The van der Waals surface area contributed by atoms with E-state index < -0.39 is 0 Å². The van der Waals surface area contributed by atoms with E-state index in [-0.39, 0.29) is 0 Å². The number of hydrogen-bond donors (Lipinski definition) is 1. The Morgan fingerprint density at radius 2 is 2.00 bits per heavy atom. The molecule has 0 saturated carbocycles. The van der Waals surface area contributed by atoms with E-state index >= 15 is 0 Å². The Morgan fingerprint density at radius 1 is 1.33 bits per heavy atom. The highest BCUT2D eigenvalue weighted by Gasteiger charge is 2.21. The van der Waals surface area contributed by atoms with Crippen LogP contribution in [0.1, 0.15) is 20.8 Å². The van der Waals surface area contributed by atoms with Gasteiger partial charge in [-0.1, -0.05) is 23.9 Å². The Kier molecular flexibility index (Phi) is 4.73. The van der Waals surface area contributed by atoms with Gasteiger partial charge in [0.1, 0.15) is 6.67 Å². The molecule has 0 spiro atoms. The standard InChI is InChI=1S/C10H19N3S2/c1-8(11-14-4)6-12-7-13(15-5)10(3)9(12)2/h6,11H,7H2,1-5H3/b8-6-. The summed E-state index contributed by atoms with van der Waals surface area (Å²) in [4.78, 5) is 2.27. The molecule has 86 valence electrons. The van der Waals surface area contributed by atoms with Gasteiger partial charge in [0, 0.05) is 35.8 Å². The largest absolute Gasteiger partial charge is 0.333 e. The Hall–Kier alpha value is -0.420. The molecule has 0 saturated heterocycles. The lowest BCUT2D eigenvalue weighted by molar-refractivity contribution is 0.417. The molecule has 0 aliphatic carbocycles. The normalized spacial score (nSPS) is 17.8. The summed E-state index contributed by atoms with van der Waals surface area (Å²) in [7, 11) is 0. The summed E-state index contributed by atoms with van der Waals surface area (Å²) in [6.07, 6.45) is 6.30. The quantitative estimate of drug-likeness (QED) is 0.765. The lowest BCUT2D eigenvalue weighted by Gasteiger charge is -2.19. The van der Waals surface area contributed by atoms with Crippen molar-refractivity contribution in [3.05, 3.63) is 23.3 Å². The minimum Gasteiger partial charge on any atom is -0.333 e. The predicted octanol–water partition coefficient (Wildman–Crippen LogP) is 2.82. The summed E-state index contributed by atoms with van der Waals surface area (Å²) in [6.45, 7) is 7.35. The molecule has 0 aromatic heterocycles. The van der Waals surface area contributed by atoms with Gasteiger partial charge in [0.25, 0.3) is 0 Å². The summed E-state index contributed by atoms with van der Waals surface area (Å²) in [5, 5.41) is 0. The van der Waals surface area contributed by atoms with E-state index in [0.29, 0.717) is 0 Å². The second-order valence-corrected chi connectivity index (χ2v) is 4.88. The van der Waals surface area contributed by atoms with E-state index in [9.17, 15) is 0 Å². The number of rotatable bonds is 4. The monoisotopic (exact) mass is 245 g/mol. The van der Waals surface area contributed by atoms with E-state index in [1.54, 1.807) is 23.9 Å². The molecule has 15 heavy (non-hydrogen) atoms. The fourth-order valence-corrected chi connectivity index (χ4v) is 2.51. The molecule has 5 heteroatoms. The fraction of sp³-hybridized carbons (Fsp3) is 0.600. The van der Waals surface area contributed by atoms with Gasteiger partial charge in [-0.2, -0.15) is 0 Å². The Labute approximate surface area is 101 Å². The van der Waals surface area contributed by atoms with E-state index in [4.69, 9.17) is 0 Å². The van der Waals surface area contributed by atoms with Crippen LogP contribution >= 0.6 is 23.9 Å². The maximum atomic E-state index is 3.23. The number of hydrogen-bond acceptors (Lipinski definition) is 5.